The number of likely N-dealkylation sites (tertiary alicyclic amines) is 1. The second kappa shape index (κ2) is 7.20. The molecule has 3 rings (SSSR count). The van der Waals surface area contributed by atoms with E-state index in [4.69, 9.17) is 0 Å². The highest BCUT2D eigenvalue weighted by atomic mass is 19.1. The van der Waals surface area contributed by atoms with Crippen LogP contribution in [0.2, 0.25) is 0 Å². The van der Waals surface area contributed by atoms with E-state index in [0.29, 0.717) is 19.0 Å². The summed E-state index contributed by atoms with van der Waals surface area (Å²) in [6.45, 7) is 5.38. The van der Waals surface area contributed by atoms with E-state index in [1.165, 1.54) is 18.6 Å². The highest BCUT2D eigenvalue weighted by molar-refractivity contribution is 5.78. The molecule has 0 aliphatic carbocycles. The van der Waals surface area contributed by atoms with Gasteiger partial charge in [0.15, 0.2) is 0 Å². The number of amides is 1. The van der Waals surface area contributed by atoms with Crippen LogP contribution in [0.15, 0.2) is 24.3 Å². The third-order valence-corrected chi connectivity index (χ3v) is 4.80. The summed E-state index contributed by atoms with van der Waals surface area (Å²) in [7, 11) is 0. The second-order valence-corrected chi connectivity index (χ2v) is 6.43. The number of benzene rings is 1. The minimum atomic E-state index is -0.224. The molecule has 1 amide bonds. The van der Waals surface area contributed by atoms with Crippen LogP contribution in [0.4, 0.5) is 4.39 Å². The standard InChI is InChI=1S/C17H24FN3O/c18-16-3-1-13(2-4-16)5-7-20-17(22)12-21-8-6-14-9-19-10-15(14)11-21/h1-4,14-15,19H,5-12H2,(H,20,22). The summed E-state index contributed by atoms with van der Waals surface area (Å²) in [5, 5.41) is 6.40. The van der Waals surface area contributed by atoms with E-state index in [9.17, 15) is 9.18 Å². The van der Waals surface area contributed by atoms with Crippen molar-refractivity contribution in [2.24, 2.45) is 11.8 Å². The Balaban J connectivity index is 1.36. The minimum Gasteiger partial charge on any atom is -0.355 e. The molecule has 0 spiro atoms. The van der Waals surface area contributed by atoms with Gasteiger partial charge < -0.3 is 10.6 Å². The number of carbonyl (C=O) groups is 1. The zero-order valence-electron chi connectivity index (χ0n) is 12.9. The van der Waals surface area contributed by atoms with Gasteiger partial charge in [-0.05, 0) is 62.0 Å². The van der Waals surface area contributed by atoms with Crippen molar-refractivity contribution in [1.82, 2.24) is 15.5 Å². The number of nitrogens with zero attached hydrogens (tertiary/aromatic N) is 1. The molecule has 1 aromatic carbocycles. The Hall–Kier alpha value is -1.46. The van der Waals surface area contributed by atoms with Crippen LogP contribution in [-0.2, 0) is 11.2 Å². The van der Waals surface area contributed by atoms with Crippen LogP contribution in [0.5, 0.6) is 0 Å². The van der Waals surface area contributed by atoms with E-state index in [1.807, 2.05) is 0 Å². The Kier molecular flexibility index (Phi) is 5.05. The lowest BCUT2D eigenvalue weighted by molar-refractivity contribution is -0.122. The molecule has 120 valence electrons. The molecule has 2 atom stereocenters. The molecule has 1 aromatic rings. The molecule has 0 aromatic heterocycles. The van der Waals surface area contributed by atoms with E-state index >= 15 is 0 Å². The largest absolute Gasteiger partial charge is 0.355 e. The quantitative estimate of drug-likeness (QED) is 0.854. The number of hydrogen-bond donors (Lipinski definition) is 2. The van der Waals surface area contributed by atoms with Gasteiger partial charge in [0.2, 0.25) is 5.91 Å². The first-order valence-corrected chi connectivity index (χ1v) is 8.15. The molecule has 2 aliphatic heterocycles. The number of hydrogen-bond acceptors (Lipinski definition) is 3. The average Bonchev–Trinajstić information content (AvgIpc) is 2.97. The van der Waals surface area contributed by atoms with Crippen LogP contribution in [0.25, 0.3) is 0 Å². The van der Waals surface area contributed by atoms with Gasteiger partial charge in [-0.3, -0.25) is 9.69 Å². The monoisotopic (exact) mass is 305 g/mol. The molecule has 2 saturated heterocycles. The fourth-order valence-electron chi connectivity index (χ4n) is 3.51. The van der Waals surface area contributed by atoms with Crippen LogP contribution < -0.4 is 10.6 Å². The fraction of sp³-hybridized carbons (Fsp3) is 0.588. The van der Waals surface area contributed by atoms with Gasteiger partial charge in [0.1, 0.15) is 5.82 Å². The normalized spacial score (nSPS) is 25.0. The van der Waals surface area contributed by atoms with Crippen molar-refractivity contribution in [2.75, 3.05) is 39.3 Å². The van der Waals surface area contributed by atoms with Gasteiger partial charge in [-0.2, -0.15) is 0 Å². The first-order chi connectivity index (χ1) is 10.7. The van der Waals surface area contributed by atoms with E-state index in [2.05, 4.69) is 15.5 Å². The van der Waals surface area contributed by atoms with Crippen LogP contribution >= 0.6 is 0 Å². The lowest BCUT2D eigenvalue weighted by Gasteiger charge is -2.33. The fourth-order valence-corrected chi connectivity index (χ4v) is 3.51. The third-order valence-electron chi connectivity index (χ3n) is 4.80. The number of rotatable bonds is 5. The molecule has 4 nitrogen and oxygen atoms in total. The summed E-state index contributed by atoms with van der Waals surface area (Å²) in [6.07, 6.45) is 1.93. The highest BCUT2D eigenvalue weighted by Gasteiger charge is 2.33. The number of piperidine rings is 1. The van der Waals surface area contributed by atoms with Crippen molar-refractivity contribution in [3.63, 3.8) is 0 Å². The third kappa shape index (κ3) is 4.05. The number of carbonyl (C=O) groups excluding carboxylic acids is 1. The maximum Gasteiger partial charge on any atom is 0.234 e. The van der Waals surface area contributed by atoms with Crippen molar-refractivity contribution in [3.8, 4) is 0 Å². The molecular weight excluding hydrogens is 281 g/mol. The summed E-state index contributed by atoms with van der Waals surface area (Å²) in [4.78, 5) is 14.3. The lowest BCUT2D eigenvalue weighted by atomic mass is 9.89. The van der Waals surface area contributed by atoms with Gasteiger partial charge in [-0.1, -0.05) is 12.1 Å². The average molecular weight is 305 g/mol. The van der Waals surface area contributed by atoms with Crippen LogP contribution in [0.1, 0.15) is 12.0 Å². The van der Waals surface area contributed by atoms with Crippen molar-refractivity contribution in [1.29, 1.82) is 0 Å². The zero-order chi connectivity index (χ0) is 15.4. The van der Waals surface area contributed by atoms with Crippen molar-refractivity contribution < 1.29 is 9.18 Å². The number of halogens is 1. The predicted molar refractivity (Wildman–Crippen MR) is 84.0 cm³/mol. The van der Waals surface area contributed by atoms with Gasteiger partial charge in [0.05, 0.1) is 6.54 Å². The maximum absolute atomic E-state index is 12.8. The van der Waals surface area contributed by atoms with Gasteiger partial charge in [-0.15, -0.1) is 0 Å². The van der Waals surface area contributed by atoms with E-state index in [0.717, 1.165) is 44.1 Å². The number of fused-ring (bicyclic) bond motifs is 1. The predicted octanol–water partition coefficient (Wildman–Crippen LogP) is 1.03. The number of nitrogens with one attached hydrogen (secondary N) is 2. The summed E-state index contributed by atoms with van der Waals surface area (Å²) in [5.74, 6) is 1.38. The molecule has 2 heterocycles. The molecule has 0 radical (unpaired) electrons. The Bertz CT molecular complexity index is 505. The first-order valence-electron chi connectivity index (χ1n) is 8.15. The first kappa shape index (κ1) is 15.4. The Morgan fingerprint density at radius 2 is 2.05 bits per heavy atom. The van der Waals surface area contributed by atoms with Crippen molar-refractivity contribution in [2.45, 2.75) is 12.8 Å². The maximum atomic E-state index is 12.8. The molecule has 0 saturated carbocycles. The van der Waals surface area contributed by atoms with E-state index in [-0.39, 0.29) is 11.7 Å². The molecule has 0 bridgehead atoms. The molecular formula is C17H24FN3O. The van der Waals surface area contributed by atoms with E-state index < -0.39 is 0 Å². The molecule has 2 unspecified atom stereocenters. The molecule has 22 heavy (non-hydrogen) atoms. The van der Waals surface area contributed by atoms with Crippen LogP contribution in [-0.4, -0.2) is 50.1 Å². The smallest absolute Gasteiger partial charge is 0.234 e. The van der Waals surface area contributed by atoms with Gasteiger partial charge in [0, 0.05) is 13.1 Å². The van der Waals surface area contributed by atoms with Gasteiger partial charge >= 0.3 is 0 Å². The van der Waals surface area contributed by atoms with Gasteiger partial charge in [-0.25, -0.2) is 4.39 Å². The SMILES string of the molecule is O=C(CN1CCC2CNCC2C1)NCCc1ccc(F)cc1. The Morgan fingerprint density at radius 3 is 2.86 bits per heavy atom. The van der Waals surface area contributed by atoms with Crippen molar-refractivity contribution in [3.05, 3.63) is 35.6 Å². The molecule has 5 heteroatoms. The summed E-state index contributed by atoms with van der Waals surface area (Å²) in [6, 6.07) is 6.44. The van der Waals surface area contributed by atoms with E-state index in [1.54, 1.807) is 12.1 Å². The molecule has 2 N–H and O–H groups in total. The van der Waals surface area contributed by atoms with Gasteiger partial charge in [0.25, 0.3) is 0 Å². The Labute approximate surface area is 131 Å². The second-order valence-electron chi connectivity index (χ2n) is 6.43. The Morgan fingerprint density at radius 1 is 1.27 bits per heavy atom. The zero-order valence-corrected chi connectivity index (χ0v) is 12.9. The summed E-state index contributed by atoms with van der Waals surface area (Å²) < 4.78 is 12.8. The van der Waals surface area contributed by atoms with Crippen molar-refractivity contribution >= 4 is 5.91 Å². The summed E-state index contributed by atoms with van der Waals surface area (Å²) >= 11 is 0. The van der Waals surface area contributed by atoms with Crippen LogP contribution in [0.3, 0.4) is 0 Å². The lowest BCUT2D eigenvalue weighted by Crippen LogP contribution is -2.45. The molecule has 2 fully saturated rings. The topological polar surface area (TPSA) is 44.4 Å². The highest BCUT2D eigenvalue weighted by Crippen LogP contribution is 2.26. The summed E-state index contributed by atoms with van der Waals surface area (Å²) in [5.41, 5.74) is 1.04. The minimum absolute atomic E-state index is 0.0894. The molecule has 2 aliphatic rings. The van der Waals surface area contributed by atoms with Crippen LogP contribution in [0, 0.1) is 17.7 Å².